The van der Waals surface area contributed by atoms with Gasteiger partial charge in [-0.15, -0.1) is 0 Å². The number of rotatable bonds is 9. The molecule has 1 aliphatic carbocycles. The summed E-state index contributed by atoms with van der Waals surface area (Å²) in [6, 6.07) is 19.7. The number of fused-ring (bicyclic) bond motifs is 1. The lowest BCUT2D eigenvalue weighted by Gasteiger charge is -2.39. The zero-order chi connectivity index (χ0) is 39.6. The average molecular weight is 792 g/mol. The third-order valence-electron chi connectivity index (χ3n) is 12.1. The van der Waals surface area contributed by atoms with Crippen molar-refractivity contribution in [1.82, 2.24) is 20.0 Å². The number of anilines is 2. The molecule has 2 N–H and O–H groups in total. The van der Waals surface area contributed by atoms with E-state index in [1.54, 1.807) is 30.3 Å². The third-order valence-corrected chi connectivity index (χ3v) is 12.4. The van der Waals surface area contributed by atoms with E-state index in [0.29, 0.717) is 58.1 Å². The van der Waals surface area contributed by atoms with E-state index in [2.05, 4.69) is 26.5 Å². The normalized spacial score (nSPS) is 23.2. The Balaban J connectivity index is 0.752. The van der Waals surface area contributed by atoms with Crippen molar-refractivity contribution < 1.29 is 28.7 Å². The molecule has 3 aromatic rings. The first-order valence-corrected chi connectivity index (χ1v) is 20.4. The summed E-state index contributed by atoms with van der Waals surface area (Å²) in [5.74, 6) is -0.714. The number of piperidine rings is 2. The van der Waals surface area contributed by atoms with Crippen molar-refractivity contribution in [2.24, 2.45) is 5.92 Å². The minimum Gasteiger partial charge on any atom is -0.490 e. The molecule has 3 saturated heterocycles. The van der Waals surface area contributed by atoms with Crippen LogP contribution in [0.5, 0.6) is 5.75 Å². The number of amides is 5. The molecule has 1 unspecified atom stereocenters. The van der Waals surface area contributed by atoms with Crippen molar-refractivity contribution in [2.75, 3.05) is 56.0 Å². The largest absolute Gasteiger partial charge is 0.490 e. The summed E-state index contributed by atoms with van der Waals surface area (Å²) in [7, 11) is 0. The van der Waals surface area contributed by atoms with E-state index in [-0.39, 0.29) is 24.9 Å². The summed E-state index contributed by atoms with van der Waals surface area (Å²) >= 11 is 6.17. The van der Waals surface area contributed by atoms with Gasteiger partial charge in [-0.1, -0.05) is 11.6 Å². The first kappa shape index (κ1) is 38.4. The highest BCUT2D eigenvalue weighted by atomic mass is 35.5. The van der Waals surface area contributed by atoms with Gasteiger partial charge >= 0.3 is 0 Å². The molecule has 5 aliphatic rings. The maximum atomic E-state index is 13.4. The van der Waals surface area contributed by atoms with Crippen LogP contribution in [0.3, 0.4) is 0 Å². The van der Waals surface area contributed by atoms with Crippen LogP contribution in [0.1, 0.15) is 88.0 Å². The van der Waals surface area contributed by atoms with Gasteiger partial charge in [-0.25, -0.2) is 0 Å². The number of benzene rings is 3. The van der Waals surface area contributed by atoms with Crippen LogP contribution in [0.4, 0.5) is 11.4 Å². The van der Waals surface area contributed by atoms with Gasteiger partial charge < -0.3 is 19.9 Å². The number of carbonyl (C=O) groups is 5. The SMILES string of the molecule is N#Cc1ccc(OC2CCC(Nc3ccc(C(=O)N4CCN(CC5CCN(c6ccc7c(c6)C(=O)N(C6CCC(=O)NC6=O)C7=O)CC5)CC4)cc3)CC2)cc1Cl. The molecule has 296 valence electrons. The molecule has 0 bridgehead atoms. The van der Waals surface area contributed by atoms with Gasteiger partial charge in [-0.05, 0) is 105 Å². The summed E-state index contributed by atoms with van der Waals surface area (Å²) < 4.78 is 6.13. The molecule has 0 spiro atoms. The molecule has 14 heteroatoms. The van der Waals surface area contributed by atoms with Gasteiger partial charge in [-0.3, -0.25) is 39.1 Å². The minimum atomic E-state index is -0.975. The summed E-state index contributed by atoms with van der Waals surface area (Å²) in [4.78, 5) is 71.5. The molecule has 1 saturated carbocycles. The fraction of sp³-hybridized carbons (Fsp3) is 0.442. The quantitative estimate of drug-likeness (QED) is 0.280. The lowest BCUT2D eigenvalue weighted by atomic mass is 9.92. The molecule has 5 amide bonds. The smallest absolute Gasteiger partial charge is 0.262 e. The summed E-state index contributed by atoms with van der Waals surface area (Å²) in [5, 5.41) is 15.4. The zero-order valence-corrected chi connectivity index (χ0v) is 32.5. The number of nitrogens with one attached hydrogen (secondary N) is 2. The minimum absolute atomic E-state index is 0.0600. The number of nitrogens with zero attached hydrogens (tertiary/aromatic N) is 5. The predicted octanol–water partition coefficient (Wildman–Crippen LogP) is 5.09. The highest BCUT2D eigenvalue weighted by Crippen LogP contribution is 2.33. The van der Waals surface area contributed by atoms with E-state index >= 15 is 0 Å². The van der Waals surface area contributed by atoms with Gasteiger partial charge in [0.2, 0.25) is 11.8 Å². The van der Waals surface area contributed by atoms with Crippen LogP contribution in [-0.2, 0) is 9.59 Å². The predicted molar refractivity (Wildman–Crippen MR) is 213 cm³/mol. The monoisotopic (exact) mass is 791 g/mol. The molecule has 57 heavy (non-hydrogen) atoms. The summed E-state index contributed by atoms with van der Waals surface area (Å²) in [6.45, 7) is 5.69. The first-order chi connectivity index (χ1) is 27.6. The number of hydrogen-bond donors (Lipinski definition) is 2. The molecule has 3 aromatic carbocycles. The van der Waals surface area contributed by atoms with Crippen molar-refractivity contribution in [2.45, 2.75) is 69.6 Å². The van der Waals surface area contributed by atoms with Crippen LogP contribution >= 0.6 is 11.6 Å². The van der Waals surface area contributed by atoms with E-state index < -0.39 is 29.7 Å². The fourth-order valence-corrected chi connectivity index (χ4v) is 9.05. The zero-order valence-electron chi connectivity index (χ0n) is 31.8. The van der Waals surface area contributed by atoms with Crippen LogP contribution in [0.15, 0.2) is 60.7 Å². The molecule has 1 atom stereocenters. The van der Waals surface area contributed by atoms with Crippen molar-refractivity contribution in [1.29, 1.82) is 5.26 Å². The van der Waals surface area contributed by atoms with E-state index in [1.165, 1.54) is 0 Å². The number of carbonyl (C=O) groups excluding carboxylic acids is 5. The van der Waals surface area contributed by atoms with Crippen molar-refractivity contribution in [3.05, 3.63) is 87.9 Å². The Hall–Kier alpha value is -5.45. The van der Waals surface area contributed by atoms with Gasteiger partial charge in [0.15, 0.2) is 0 Å². The van der Waals surface area contributed by atoms with Crippen molar-refractivity contribution in [3.8, 4) is 11.8 Å². The molecule has 13 nitrogen and oxygen atoms in total. The molecule has 4 fully saturated rings. The number of halogens is 1. The number of ether oxygens (including phenoxy) is 1. The highest BCUT2D eigenvalue weighted by Gasteiger charge is 2.45. The Labute approximate surface area is 336 Å². The second kappa shape index (κ2) is 16.6. The van der Waals surface area contributed by atoms with Gasteiger partial charge in [-0.2, -0.15) is 5.26 Å². The molecular formula is C43H46ClN7O6. The van der Waals surface area contributed by atoms with Gasteiger partial charge in [0.1, 0.15) is 17.9 Å². The Morgan fingerprint density at radius 3 is 2.23 bits per heavy atom. The fourth-order valence-electron chi connectivity index (χ4n) is 8.83. The van der Waals surface area contributed by atoms with Gasteiger partial charge in [0.05, 0.1) is 27.8 Å². The van der Waals surface area contributed by atoms with Crippen LogP contribution in [0.2, 0.25) is 5.02 Å². The molecule has 0 aromatic heterocycles. The van der Waals surface area contributed by atoms with E-state index in [0.717, 1.165) is 87.5 Å². The highest BCUT2D eigenvalue weighted by molar-refractivity contribution is 6.31. The van der Waals surface area contributed by atoms with E-state index in [4.69, 9.17) is 21.6 Å². The third kappa shape index (κ3) is 8.34. The molecular weight excluding hydrogens is 746 g/mol. The number of hydrogen-bond acceptors (Lipinski definition) is 10. The van der Waals surface area contributed by atoms with E-state index in [9.17, 15) is 24.0 Å². The Morgan fingerprint density at radius 1 is 0.825 bits per heavy atom. The topological polar surface area (TPSA) is 155 Å². The maximum Gasteiger partial charge on any atom is 0.262 e. The van der Waals surface area contributed by atoms with Crippen LogP contribution in [-0.4, -0.2) is 108 Å². The maximum absolute atomic E-state index is 13.4. The van der Waals surface area contributed by atoms with Crippen molar-refractivity contribution in [3.63, 3.8) is 0 Å². The number of nitriles is 1. The summed E-state index contributed by atoms with van der Waals surface area (Å²) in [6.07, 6.45) is 6.08. The number of piperazine rings is 1. The lowest BCUT2D eigenvalue weighted by molar-refractivity contribution is -0.136. The van der Waals surface area contributed by atoms with Crippen LogP contribution in [0.25, 0.3) is 0 Å². The van der Waals surface area contributed by atoms with Crippen molar-refractivity contribution >= 4 is 52.5 Å². The number of imide groups is 2. The van der Waals surface area contributed by atoms with Crippen LogP contribution in [0, 0.1) is 17.2 Å². The van der Waals surface area contributed by atoms with Crippen LogP contribution < -0.4 is 20.3 Å². The molecule has 0 radical (unpaired) electrons. The molecule has 8 rings (SSSR count). The average Bonchev–Trinajstić information content (AvgIpc) is 3.47. The second-order valence-corrected chi connectivity index (χ2v) is 16.2. The lowest BCUT2D eigenvalue weighted by Crippen LogP contribution is -2.54. The second-order valence-electron chi connectivity index (χ2n) is 15.8. The Bertz CT molecular complexity index is 2100. The Morgan fingerprint density at radius 2 is 1.54 bits per heavy atom. The molecule has 4 aliphatic heterocycles. The molecule has 4 heterocycles. The Kier molecular flexibility index (Phi) is 11.2. The van der Waals surface area contributed by atoms with Gasteiger partial charge in [0.25, 0.3) is 17.7 Å². The standard InChI is InChI=1S/C43H46ClN7O6/c44-37-24-34(9-3-29(37)25-45)57-33-10-6-31(7-11-33)46-30-4-1-28(2-5-30)41(54)50-21-19-48(20-22-50)26-27-15-17-49(18-16-27)32-8-12-35-36(23-32)43(56)51(42(35)55)38-13-14-39(52)47-40(38)53/h1-5,8-9,12,23-24,27,31,33,38,46H,6-7,10-11,13-22,26H2,(H,47,52,53). The van der Waals surface area contributed by atoms with E-state index in [1.807, 2.05) is 35.2 Å². The summed E-state index contributed by atoms with van der Waals surface area (Å²) in [5.41, 5.74) is 3.62. The van der Waals surface area contributed by atoms with Gasteiger partial charge in [0, 0.05) is 81.3 Å². The first-order valence-electron chi connectivity index (χ1n) is 20.0.